The van der Waals surface area contributed by atoms with Gasteiger partial charge in [0.15, 0.2) is 11.5 Å². The van der Waals surface area contributed by atoms with Crippen LogP contribution in [0.3, 0.4) is 0 Å². The number of sulfonamides is 1. The number of amides is 1. The van der Waals surface area contributed by atoms with Gasteiger partial charge in [0.1, 0.15) is 4.90 Å². The van der Waals surface area contributed by atoms with Gasteiger partial charge < -0.3 is 14.8 Å². The summed E-state index contributed by atoms with van der Waals surface area (Å²) in [7, 11) is -2.26. The summed E-state index contributed by atoms with van der Waals surface area (Å²) in [5.74, 6) is -0.301. The van der Waals surface area contributed by atoms with E-state index in [0.29, 0.717) is 31.4 Å². The molecular weight excluding hydrogens is 444 g/mol. The van der Waals surface area contributed by atoms with E-state index in [0.717, 1.165) is 0 Å². The van der Waals surface area contributed by atoms with Crippen molar-refractivity contribution in [2.24, 2.45) is 5.92 Å². The topological polar surface area (TPSA) is 97.8 Å². The molecule has 3 rings (SSSR count). The number of rotatable bonds is 9. The summed E-state index contributed by atoms with van der Waals surface area (Å²) in [5, 5.41) is 2.84. The van der Waals surface area contributed by atoms with Crippen LogP contribution in [0.5, 0.6) is 11.5 Å². The zero-order valence-corrected chi connectivity index (χ0v) is 18.4. The molecule has 0 unspecified atom stereocenters. The van der Waals surface area contributed by atoms with E-state index < -0.39 is 16.6 Å². The van der Waals surface area contributed by atoms with Gasteiger partial charge >= 0.3 is 6.61 Å². The Morgan fingerprint density at radius 2 is 2.00 bits per heavy atom. The molecule has 1 aromatic heterocycles. The Labute approximate surface area is 185 Å². The predicted molar refractivity (Wildman–Crippen MR) is 112 cm³/mol. The minimum absolute atomic E-state index is 0.0616. The van der Waals surface area contributed by atoms with Crippen LogP contribution in [0, 0.1) is 5.92 Å². The number of benzene rings is 1. The highest BCUT2D eigenvalue weighted by atomic mass is 32.2. The number of ether oxygens (including phenoxy) is 2. The smallest absolute Gasteiger partial charge is 0.387 e. The third kappa shape index (κ3) is 5.92. The molecule has 1 amide bonds. The Hall–Kier alpha value is -2.79. The lowest BCUT2D eigenvalue weighted by Gasteiger charge is -2.30. The van der Waals surface area contributed by atoms with Gasteiger partial charge in [-0.05, 0) is 49.1 Å². The van der Waals surface area contributed by atoms with E-state index in [9.17, 15) is 22.0 Å². The highest BCUT2D eigenvalue weighted by Crippen LogP contribution is 2.29. The van der Waals surface area contributed by atoms with Crippen LogP contribution in [0.25, 0.3) is 0 Å². The second-order valence-corrected chi connectivity index (χ2v) is 9.21. The SMILES string of the molecule is COc1ccc(CCNC(=O)C2CCN(S(=O)(=O)c3cccnc3)CC2)cc1OC(F)F. The molecule has 0 radical (unpaired) electrons. The van der Waals surface area contributed by atoms with Crippen LogP contribution in [0.15, 0.2) is 47.6 Å². The summed E-state index contributed by atoms with van der Waals surface area (Å²) in [6.07, 6.45) is 4.07. The number of nitrogens with zero attached hydrogens (tertiary/aromatic N) is 2. The van der Waals surface area contributed by atoms with Crippen LogP contribution < -0.4 is 14.8 Å². The number of nitrogens with one attached hydrogen (secondary N) is 1. The van der Waals surface area contributed by atoms with Crippen LogP contribution in [-0.4, -0.2) is 57.0 Å². The fourth-order valence-electron chi connectivity index (χ4n) is 3.55. The molecule has 0 saturated carbocycles. The standard InChI is InChI=1S/C21H25F2N3O5S/c1-30-18-5-4-15(13-19(18)31-21(22)23)6-10-25-20(27)16-7-11-26(12-8-16)32(28,29)17-3-2-9-24-14-17/h2-5,9,13-14,16,21H,6-8,10-12H2,1H3,(H,25,27). The first kappa shape index (κ1) is 23.9. The van der Waals surface area contributed by atoms with Gasteiger partial charge in [-0.3, -0.25) is 9.78 Å². The molecule has 0 bridgehead atoms. The van der Waals surface area contributed by atoms with Gasteiger partial charge in [0, 0.05) is 37.9 Å². The quantitative estimate of drug-likeness (QED) is 0.606. The summed E-state index contributed by atoms with van der Waals surface area (Å²) in [4.78, 5) is 16.5. The number of aromatic nitrogens is 1. The Bertz CT molecular complexity index is 1010. The van der Waals surface area contributed by atoms with Gasteiger partial charge in [0.2, 0.25) is 15.9 Å². The van der Waals surface area contributed by atoms with Crippen molar-refractivity contribution in [1.29, 1.82) is 0 Å². The molecule has 1 aromatic carbocycles. The van der Waals surface area contributed by atoms with Crippen molar-refractivity contribution in [3.05, 3.63) is 48.3 Å². The van der Waals surface area contributed by atoms with Crippen LogP contribution in [0.2, 0.25) is 0 Å². The zero-order valence-electron chi connectivity index (χ0n) is 17.5. The van der Waals surface area contributed by atoms with Crippen molar-refractivity contribution in [3.8, 4) is 11.5 Å². The molecule has 8 nitrogen and oxygen atoms in total. The molecule has 0 atom stereocenters. The van der Waals surface area contributed by atoms with Crippen molar-refractivity contribution >= 4 is 15.9 Å². The van der Waals surface area contributed by atoms with Gasteiger partial charge in [-0.2, -0.15) is 13.1 Å². The maximum atomic E-state index is 12.7. The third-order valence-corrected chi connectivity index (χ3v) is 7.14. The molecule has 174 valence electrons. The lowest BCUT2D eigenvalue weighted by molar-refractivity contribution is -0.126. The zero-order chi connectivity index (χ0) is 23.1. The highest BCUT2D eigenvalue weighted by molar-refractivity contribution is 7.89. The molecule has 2 heterocycles. The summed E-state index contributed by atoms with van der Waals surface area (Å²) >= 11 is 0. The Kier molecular flexibility index (Phi) is 7.97. The largest absolute Gasteiger partial charge is 0.493 e. The number of carbonyl (C=O) groups is 1. The van der Waals surface area contributed by atoms with Gasteiger partial charge in [0.25, 0.3) is 0 Å². The van der Waals surface area contributed by atoms with Crippen molar-refractivity contribution < 1.29 is 31.5 Å². The molecule has 1 aliphatic rings. The second-order valence-electron chi connectivity index (χ2n) is 7.27. The average molecular weight is 470 g/mol. The van der Waals surface area contributed by atoms with E-state index >= 15 is 0 Å². The van der Waals surface area contributed by atoms with E-state index in [-0.39, 0.29) is 41.3 Å². The fraction of sp³-hybridized carbons (Fsp3) is 0.429. The van der Waals surface area contributed by atoms with E-state index in [2.05, 4.69) is 15.0 Å². The molecule has 1 saturated heterocycles. The molecule has 0 spiro atoms. The van der Waals surface area contributed by atoms with Crippen LogP contribution in [-0.2, 0) is 21.2 Å². The molecule has 11 heteroatoms. The van der Waals surface area contributed by atoms with Crippen molar-refractivity contribution in [2.45, 2.75) is 30.8 Å². The van der Waals surface area contributed by atoms with E-state index in [1.54, 1.807) is 12.1 Å². The van der Waals surface area contributed by atoms with Gasteiger partial charge in [-0.25, -0.2) is 8.42 Å². The van der Waals surface area contributed by atoms with Gasteiger partial charge in [0.05, 0.1) is 7.11 Å². The summed E-state index contributed by atoms with van der Waals surface area (Å²) in [6.45, 7) is -2.15. The molecule has 1 aliphatic heterocycles. The number of halogens is 2. The Balaban J connectivity index is 1.49. The molecule has 1 fully saturated rings. The number of hydrogen-bond acceptors (Lipinski definition) is 6. The number of alkyl halides is 2. The number of methoxy groups -OCH3 is 1. The minimum Gasteiger partial charge on any atom is -0.493 e. The van der Waals surface area contributed by atoms with Crippen molar-refractivity contribution in [3.63, 3.8) is 0 Å². The third-order valence-electron chi connectivity index (χ3n) is 5.25. The maximum absolute atomic E-state index is 12.7. The van der Waals surface area contributed by atoms with E-state index in [1.165, 1.54) is 42.0 Å². The average Bonchev–Trinajstić information content (AvgIpc) is 2.79. The van der Waals surface area contributed by atoms with Crippen LogP contribution in [0.4, 0.5) is 8.78 Å². The molecule has 0 aliphatic carbocycles. The Morgan fingerprint density at radius 1 is 1.25 bits per heavy atom. The first-order valence-electron chi connectivity index (χ1n) is 10.1. The van der Waals surface area contributed by atoms with E-state index in [1.807, 2.05) is 0 Å². The number of hydrogen-bond donors (Lipinski definition) is 1. The first-order valence-corrected chi connectivity index (χ1v) is 11.5. The molecule has 2 aromatic rings. The molecular formula is C21H25F2N3O5S. The van der Waals surface area contributed by atoms with Crippen LogP contribution in [0.1, 0.15) is 18.4 Å². The summed E-state index contributed by atoms with van der Waals surface area (Å²) < 4.78 is 61.2. The van der Waals surface area contributed by atoms with Gasteiger partial charge in [-0.1, -0.05) is 6.07 Å². The van der Waals surface area contributed by atoms with Crippen LogP contribution >= 0.6 is 0 Å². The number of carbonyl (C=O) groups excluding carboxylic acids is 1. The lowest BCUT2D eigenvalue weighted by Crippen LogP contribution is -2.43. The fourth-order valence-corrected chi connectivity index (χ4v) is 4.98. The highest BCUT2D eigenvalue weighted by Gasteiger charge is 2.32. The van der Waals surface area contributed by atoms with E-state index in [4.69, 9.17) is 4.74 Å². The monoisotopic (exact) mass is 469 g/mol. The first-order chi connectivity index (χ1) is 15.3. The van der Waals surface area contributed by atoms with Crippen molar-refractivity contribution in [2.75, 3.05) is 26.7 Å². The number of piperidine rings is 1. The second kappa shape index (κ2) is 10.7. The molecule has 32 heavy (non-hydrogen) atoms. The lowest BCUT2D eigenvalue weighted by atomic mass is 9.97. The maximum Gasteiger partial charge on any atom is 0.387 e. The Morgan fingerprint density at radius 3 is 2.62 bits per heavy atom. The summed E-state index contributed by atoms with van der Waals surface area (Å²) in [5.41, 5.74) is 0.708. The normalized spacial score (nSPS) is 15.5. The minimum atomic E-state index is -3.62. The van der Waals surface area contributed by atoms with Gasteiger partial charge in [-0.15, -0.1) is 0 Å². The summed E-state index contributed by atoms with van der Waals surface area (Å²) in [6, 6.07) is 7.77. The predicted octanol–water partition coefficient (Wildman–Crippen LogP) is 2.45. The van der Waals surface area contributed by atoms with Crippen molar-refractivity contribution in [1.82, 2.24) is 14.6 Å². The molecule has 1 N–H and O–H groups in total. The number of pyridine rings is 1.